The second kappa shape index (κ2) is 19.2. The number of hydrogen-bond acceptors (Lipinski definition) is 8. The molecule has 0 unspecified atom stereocenters. The van der Waals surface area contributed by atoms with Gasteiger partial charge in [-0.25, -0.2) is 9.59 Å². The van der Waals surface area contributed by atoms with Crippen LogP contribution in [0.4, 0.5) is 4.79 Å². The van der Waals surface area contributed by atoms with Crippen molar-refractivity contribution in [2.45, 2.75) is 77.5 Å². The van der Waals surface area contributed by atoms with Crippen molar-refractivity contribution < 1.29 is 33.8 Å². The third-order valence-electron chi connectivity index (χ3n) is 7.89. The van der Waals surface area contributed by atoms with Gasteiger partial charge in [-0.2, -0.15) is 0 Å². The molecule has 0 heterocycles. The molecule has 11 nitrogen and oxygen atoms in total. The summed E-state index contributed by atoms with van der Waals surface area (Å²) in [7, 11) is 1.24. The van der Waals surface area contributed by atoms with Gasteiger partial charge in [0.1, 0.15) is 24.7 Å². The number of methoxy groups -OCH3 is 1. The van der Waals surface area contributed by atoms with Crippen LogP contribution >= 0.6 is 0 Å². The van der Waals surface area contributed by atoms with Gasteiger partial charge < -0.3 is 30.5 Å². The van der Waals surface area contributed by atoms with Crippen molar-refractivity contribution in [3.63, 3.8) is 0 Å². The van der Waals surface area contributed by atoms with E-state index in [1.54, 1.807) is 27.7 Å². The molecule has 0 aliphatic rings. The molecule has 0 radical (unpaired) electrons. The van der Waals surface area contributed by atoms with Gasteiger partial charge in [-0.1, -0.05) is 119 Å². The summed E-state index contributed by atoms with van der Waals surface area (Å²) in [5.41, 5.74) is 2.45. The highest BCUT2D eigenvalue weighted by Gasteiger charge is 2.38. The fraction of sp³-hybridized carbons (Fsp3) is 0.405. The minimum Gasteiger partial charge on any atom is -0.467 e. The number of amides is 3. The number of carbonyl (C=O) groups is 4. The summed E-state index contributed by atoms with van der Waals surface area (Å²) in [6, 6.07) is 23.5. The molecular formula is C37H48N4O7. The monoisotopic (exact) mass is 660 g/mol. The van der Waals surface area contributed by atoms with E-state index in [1.165, 1.54) is 7.11 Å². The largest absolute Gasteiger partial charge is 0.467 e. The molecule has 0 spiro atoms. The van der Waals surface area contributed by atoms with Crippen molar-refractivity contribution in [1.82, 2.24) is 21.3 Å². The van der Waals surface area contributed by atoms with Crippen molar-refractivity contribution in [3.05, 3.63) is 108 Å². The fourth-order valence-electron chi connectivity index (χ4n) is 5.12. The average Bonchev–Trinajstić information content (AvgIpc) is 3.09. The summed E-state index contributed by atoms with van der Waals surface area (Å²) >= 11 is 0. The molecule has 5 N–H and O–H groups in total. The predicted octanol–water partition coefficient (Wildman–Crippen LogP) is 3.50. The number of hydrogen-bond donors (Lipinski definition) is 5. The van der Waals surface area contributed by atoms with Crippen molar-refractivity contribution >= 4 is 23.9 Å². The molecule has 0 saturated heterocycles. The van der Waals surface area contributed by atoms with E-state index in [2.05, 4.69) is 21.3 Å². The Morgan fingerprint density at radius 1 is 0.646 bits per heavy atom. The number of aliphatic hydroxyl groups is 1. The van der Waals surface area contributed by atoms with Crippen LogP contribution in [0.2, 0.25) is 0 Å². The normalized spacial score (nSPS) is 14.2. The van der Waals surface area contributed by atoms with Crippen LogP contribution in [0, 0.1) is 11.8 Å². The quantitative estimate of drug-likeness (QED) is 0.138. The Labute approximate surface area is 282 Å². The van der Waals surface area contributed by atoms with Gasteiger partial charge in [-0.3, -0.25) is 14.9 Å². The Bertz CT molecular complexity index is 1440. The minimum atomic E-state index is -1.47. The van der Waals surface area contributed by atoms with Gasteiger partial charge >= 0.3 is 12.1 Å². The lowest BCUT2D eigenvalue weighted by molar-refractivity contribution is -0.147. The van der Waals surface area contributed by atoms with E-state index in [0.717, 1.165) is 16.7 Å². The first-order valence-corrected chi connectivity index (χ1v) is 16.1. The maximum absolute atomic E-state index is 13.8. The zero-order valence-corrected chi connectivity index (χ0v) is 28.2. The Balaban J connectivity index is 1.87. The van der Waals surface area contributed by atoms with E-state index in [-0.39, 0.29) is 31.4 Å². The molecular weight excluding hydrogens is 612 g/mol. The van der Waals surface area contributed by atoms with E-state index in [4.69, 9.17) is 9.47 Å². The molecule has 3 rings (SSSR count). The van der Waals surface area contributed by atoms with Crippen LogP contribution in [-0.2, 0) is 43.4 Å². The topological polar surface area (TPSA) is 155 Å². The molecule has 0 bridgehead atoms. The van der Waals surface area contributed by atoms with Crippen LogP contribution in [0.3, 0.4) is 0 Å². The number of carbonyl (C=O) groups excluding carboxylic acids is 4. The highest BCUT2D eigenvalue weighted by atomic mass is 16.5. The molecule has 0 aliphatic carbocycles. The van der Waals surface area contributed by atoms with Crippen LogP contribution < -0.4 is 21.3 Å². The summed E-state index contributed by atoms with van der Waals surface area (Å²) in [6.45, 7) is 7.35. The van der Waals surface area contributed by atoms with Crippen molar-refractivity contribution in [2.75, 3.05) is 7.11 Å². The average molecular weight is 661 g/mol. The fourth-order valence-corrected chi connectivity index (χ4v) is 5.12. The van der Waals surface area contributed by atoms with Gasteiger partial charge in [0, 0.05) is 6.54 Å². The lowest BCUT2D eigenvalue weighted by Crippen LogP contribution is -2.63. The van der Waals surface area contributed by atoms with Gasteiger partial charge in [0.05, 0.1) is 19.3 Å². The first kappa shape index (κ1) is 37.7. The van der Waals surface area contributed by atoms with Gasteiger partial charge in [0.25, 0.3) is 0 Å². The van der Waals surface area contributed by atoms with Crippen LogP contribution in [0.5, 0.6) is 0 Å². The van der Waals surface area contributed by atoms with Crippen molar-refractivity contribution in [2.24, 2.45) is 11.8 Å². The second-order valence-corrected chi connectivity index (χ2v) is 12.3. The van der Waals surface area contributed by atoms with E-state index in [9.17, 15) is 24.3 Å². The molecule has 5 atom stereocenters. The molecule has 0 aliphatic heterocycles. The van der Waals surface area contributed by atoms with E-state index in [0.29, 0.717) is 0 Å². The smallest absolute Gasteiger partial charge is 0.408 e. The van der Waals surface area contributed by atoms with Gasteiger partial charge in [-0.15, -0.1) is 0 Å². The van der Waals surface area contributed by atoms with E-state index >= 15 is 0 Å². The second-order valence-electron chi connectivity index (χ2n) is 12.3. The molecule has 11 heteroatoms. The maximum atomic E-state index is 13.8. The van der Waals surface area contributed by atoms with Gasteiger partial charge in [-0.05, 0) is 34.9 Å². The van der Waals surface area contributed by atoms with Crippen LogP contribution in [0.1, 0.15) is 44.4 Å². The predicted molar refractivity (Wildman–Crippen MR) is 182 cm³/mol. The number of benzene rings is 3. The Morgan fingerprint density at radius 2 is 1.15 bits per heavy atom. The number of esters is 1. The lowest BCUT2D eigenvalue weighted by atomic mass is 9.93. The summed E-state index contributed by atoms with van der Waals surface area (Å²) in [6.07, 6.45) is -2.07. The molecule has 258 valence electrons. The summed E-state index contributed by atoms with van der Waals surface area (Å²) in [5.74, 6) is -2.45. The molecule has 0 saturated carbocycles. The highest BCUT2D eigenvalue weighted by molar-refractivity contribution is 5.89. The van der Waals surface area contributed by atoms with Crippen LogP contribution in [0.15, 0.2) is 91.0 Å². The first-order chi connectivity index (χ1) is 23.0. The number of ether oxygens (including phenoxy) is 2. The Kier molecular flexibility index (Phi) is 15.1. The Morgan fingerprint density at radius 3 is 1.67 bits per heavy atom. The molecule has 48 heavy (non-hydrogen) atoms. The Hall–Kier alpha value is -4.74. The van der Waals surface area contributed by atoms with E-state index < -0.39 is 54.1 Å². The van der Waals surface area contributed by atoms with Crippen LogP contribution in [-0.4, -0.2) is 66.4 Å². The highest BCUT2D eigenvalue weighted by Crippen LogP contribution is 2.14. The third kappa shape index (κ3) is 11.8. The maximum Gasteiger partial charge on any atom is 0.408 e. The number of alkyl carbamates (subject to hydrolysis) is 1. The summed E-state index contributed by atoms with van der Waals surface area (Å²) in [5, 5.41) is 23.3. The SMILES string of the molecule is COC(=O)[C@@H](NC(=O)[C@H](NCc1ccccc1)[C@H](O)[C@H](Cc1ccccc1)NC(=O)[C@@H](NC(=O)OCc1ccccc1)C(C)C)C(C)C. The van der Waals surface area contributed by atoms with Gasteiger partial charge in [0.15, 0.2) is 0 Å². The summed E-state index contributed by atoms with van der Waals surface area (Å²) < 4.78 is 10.3. The van der Waals surface area contributed by atoms with E-state index in [1.807, 2.05) is 91.0 Å². The third-order valence-corrected chi connectivity index (χ3v) is 7.89. The zero-order chi connectivity index (χ0) is 35.1. The molecule has 0 aromatic heterocycles. The standard InChI is InChI=1S/C37H48N4O7/c1-24(2)30(41-37(46)48-23-28-19-13-8-14-20-28)34(43)39-29(21-26-15-9-6-10-16-26)33(42)32(38-22-27-17-11-7-12-18-27)35(44)40-31(25(3)4)36(45)47-5/h6-20,24-25,29-33,38,42H,21-23H2,1-5H3,(H,39,43)(H,40,44)(H,41,46)/t29-,30-,31-,32+,33+/m0/s1. The summed E-state index contributed by atoms with van der Waals surface area (Å²) in [4.78, 5) is 52.9. The number of nitrogens with one attached hydrogen (secondary N) is 4. The number of rotatable bonds is 17. The van der Waals surface area contributed by atoms with Crippen molar-refractivity contribution in [1.29, 1.82) is 0 Å². The molecule has 3 amide bonds. The van der Waals surface area contributed by atoms with Gasteiger partial charge in [0.2, 0.25) is 11.8 Å². The molecule has 3 aromatic rings. The lowest BCUT2D eigenvalue weighted by Gasteiger charge is -2.33. The van der Waals surface area contributed by atoms with Crippen molar-refractivity contribution in [3.8, 4) is 0 Å². The zero-order valence-electron chi connectivity index (χ0n) is 28.2. The molecule has 3 aromatic carbocycles. The van der Waals surface area contributed by atoms with Crippen LogP contribution in [0.25, 0.3) is 0 Å². The minimum absolute atomic E-state index is 0.0290. The molecule has 0 fully saturated rings. The first-order valence-electron chi connectivity index (χ1n) is 16.1. The number of aliphatic hydroxyl groups excluding tert-OH is 1.